The second-order valence-corrected chi connectivity index (χ2v) is 5.36. The van der Waals surface area contributed by atoms with Gasteiger partial charge in [0.1, 0.15) is 0 Å². The predicted molar refractivity (Wildman–Crippen MR) is 90.4 cm³/mol. The molecule has 0 spiro atoms. The van der Waals surface area contributed by atoms with Gasteiger partial charge in [-0.25, -0.2) is 0 Å². The summed E-state index contributed by atoms with van der Waals surface area (Å²) in [6.45, 7) is 4.56. The summed E-state index contributed by atoms with van der Waals surface area (Å²) in [6.07, 6.45) is 0.597. The molecule has 23 heavy (non-hydrogen) atoms. The van der Waals surface area contributed by atoms with Crippen LogP contribution in [0.2, 0.25) is 0 Å². The van der Waals surface area contributed by atoms with Crippen LogP contribution < -0.4 is 5.73 Å². The van der Waals surface area contributed by atoms with Crippen LogP contribution in [0.15, 0.2) is 28.8 Å². The number of aryl methyl sites for hydroxylation is 2. The van der Waals surface area contributed by atoms with E-state index in [-0.39, 0.29) is 12.4 Å². The van der Waals surface area contributed by atoms with Crippen molar-refractivity contribution in [3.05, 3.63) is 52.7 Å². The van der Waals surface area contributed by atoms with Gasteiger partial charge >= 0.3 is 0 Å². The maximum absolute atomic E-state index is 5.60. The second-order valence-electron chi connectivity index (χ2n) is 5.36. The molecule has 0 radical (unpaired) electrons. The molecule has 3 aromatic rings. The first-order valence-corrected chi connectivity index (χ1v) is 7.19. The van der Waals surface area contributed by atoms with Gasteiger partial charge in [0.15, 0.2) is 0 Å². The van der Waals surface area contributed by atoms with Gasteiger partial charge in [0.05, 0.1) is 12.1 Å². The van der Waals surface area contributed by atoms with E-state index >= 15 is 0 Å². The lowest BCUT2D eigenvalue weighted by Gasteiger charge is -1.98. The van der Waals surface area contributed by atoms with E-state index in [1.54, 1.807) is 0 Å². The van der Waals surface area contributed by atoms with E-state index in [4.69, 9.17) is 10.3 Å². The number of aromatic nitrogens is 4. The summed E-state index contributed by atoms with van der Waals surface area (Å²) >= 11 is 0. The highest BCUT2D eigenvalue weighted by molar-refractivity contribution is 5.85. The Morgan fingerprint density at radius 2 is 1.87 bits per heavy atom. The third-order valence-corrected chi connectivity index (χ3v) is 3.90. The molecule has 2 heterocycles. The molecule has 1 aromatic carbocycles. The van der Waals surface area contributed by atoms with Crippen molar-refractivity contribution in [3.8, 4) is 11.4 Å². The molecule has 0 aliphatic carbocycles. The van der Waals surface area contributed by atoms with E-state index in [0.717, 1.165) is 28.1 Å². The lowest BCUT2D eigenvalue weighted by Crippen LogP contribution is -1.96. The minimum absolute atomic E-state index is 0. The molecule has 0 saturated heterocycles. The number of halogens is 1. The Morgan fingerprint density at radius 3 is 2.43 bits per heavy atom. The van der Waals surface area contributed by atoms with Crippen LogP contribution in [0.5, 0.6) is 0 Å². The average molecular weight is 334 g/mol. The SMILES string of the molecule is Cc1nn(C)c(C)c1Cc1nc(-c2ccc(CN)cc2)no1.Cl. The van der Waals surface area contributed by atoms with Crippen LogP contribution in [-0.2, 0) is 20.0 Å². The van der Waals surface area contributed by atoms with E-state index in [1.165, 1.54) is 0 Å². The van der Waals surface area contributed by atoms with Crippen LogP contribution >= 0.6 is 12.4 Å². The highest BCUT2D eigenvalue weighted by Crippen LogP contribution is 2.20. The predicted octanol–water partition coefficient (Wildman–Crippen LogP) is 2.56. The fourth-order valence-electron chi connectivity index (χ4n) is 2.46. The normalized spacial score (nSPS) is 10.6. The number of hydrogen-bond donors (Lipinski definition) is 1. The molecule has 0 unspecified atom stereocenters. The van der Waals surface area contributed by atoms with Gasteiger partial charge in [0.25, 0.3) is 0 Å². The van der Waals surface area contributed by atoms with E-state index in [2.05, 4.69) is 15.2 Å². The third kappa shape index (κ3) is 3.43. The van der Waals surface area contributed by atoms with Crippen molar-refractivity contribution in [3.63, 3.8) is 0 Å². The first-order chi connectivity index (χ1) is 10.6. The van der Waals surface area contributed by atoms with Gasteiger partial charge in [0, 0.05) is 30.4 Å². The molecule has 2 N–H and O–H groups in total. The number of nitrogens with zero attached hydrogens (tertiary/aromatic N) is 4. The number of nitrogens with two attached hydrogens (primary N) is 1. The summed E-state index contributed by atoms with van der Waals surface area (Å²) in [5.41, 5.74) is 10.8. The van der Waals surface area contributed by atoms with Crippen molar-refractivity contribution >= 4 is 12.4 Å². The molecule has 0 amide bonds. The van der Waals surface area contributed by atoms with E-state index in [1.807, 2.05) is 49.8 Å². The molecule has 0 fully saturated rings. The largest absolute Gasteiger partial charge is 0.339 e. The lowest BCUT2D eigenvalue weighted by atomic mass is 10.1. The quantitative estimate of drug-likeness (QED) is 0.793. The molecular weight excluding hydrogens is 314 g/mol. The van der Waals surface area contributed by atoms with Crippen LogP contribution in [-0.4, -0.2) is 19.9 Å². The molecule has 0 atom stereocenters. The van der Waals surface area contributed by atoms with Crippen molar-refractivity contribution in [2.75, 3.05) is 0 Å². The van der Waals surface area contributed by atoms with E-state index in [0.29, 0.717) is 24.7 Å². The van der Waals surface area contributed by atoms with Crippen LogP contribution in [0.3, 0.4) is 0 Å². The highest BCUT2D eigenvalue weighted by atomic mass is 35.5. The van der Waals surface area contributed by atoms with Crippen molar-refractivity contribution in [2.24, 2.45) is 12.8 Å². The summed E-state index contributed by atoms with van der Waals surface area (Å²) in [6, 6.07) is 7.86. The van der Waals surface area contributed by atoms with Gasteiger partial charge in [0.2, 0.25) is 11.7 Å². The summed E-state index contributed by atoms with van der Waals surface area (Å²) in [4.78, 5) is 4.48. The van der Waals surface area contributed by atoms with Crippen LogP contribution in [0, 0.1) is 13.8 Å². The number of benzene rings is 1. The zero-order valence-electron chi connectivity index (χ0n) is 13.4. The number of hydrogen-bond acceptors (Lipinski definition) is 5. The van der Waals surface area contributed by atoms with Crippen LogP contribution in [0.25, 0.3) is 11.4 Å². The minimum atomic E-state index is 0. The van der Waals surface area contributed by atoms with Crippen molar-refractivity contribution in [2.45, 2.75) is 26.8 Å². The average Bonchev–Trinajstić information content (AvgIpc) is 3.08. The Morgan fingerprint density at radius 1 is 1.17 bits per heavy atom. The Kier molecular flexibility index (Phi) is 5.18. The standard InChI is InChI=1S/C16H19N5O.ClH/c1-10-14(11(2)21(3)19-10)8-15-18-16(20-22-15)13-6-4-12(9-17)5-7-13;/h4-7H,8-9,17H2,1-3H3;1H. The van der Waals surface area contributed by atoms with Gasteiger partial charge in [-0.2, -0.15) is 10.1 Å². The molecule has 7 heteroatoms. The van der Waals surface area contributed by atoms with Gasteiger partial charge in [-0.3, -0.25) is 4.68 Å². The Hall–Kier alpha value is -2.18. The zero-order chi connectivity index (χ0) is 15.7. The van der Waals surface area contributed by atoms with Gasteiger partial charge in [-0.15, -0.1) is 12.4 Å². The van der Waals surface area contributed by atoms with Gasteiger partial charge in [-0.1, -0.05) is 29.4 Å². The molecule has 0 bridgehead atoms. The number of rotatable bonds is 4. The molecule has 0 saturated carbocycles. The van der Waals surface area contributed by atoms with Crippen molar-refractivity contribution < 1.29 is 4.52 Å². The molecule has 2 aromatic heterocycles. The summed E-state index contributed by atoms with van der Waals surface area (Å²) in [5.74, 6) is 1.19. The third-order valence-electron chi connectivity index (χ3n) is 3.90. The maximum atomic E-state index is 5.60. The fraction of sp³-hybridized carbons (Fsp3) is 0.312. The van der Waals surface area contributed by atoms with Gasteiger partial charge < -0.3 is 10.3 Å². The topological polar surface area (TPSA) is 82.8 Å². The highest BCUT2D eigenvalue weighted by Gasteiger charge is 2.15. The van der Waals surface area contributed by atoms with Crippen molar-refractivity contribution in [1.29, 1.82) is 0 Å². The minimum Gasteiger partial charge on any atom is -0.339 e. The lowest BCUT2D eigenvalue weighted by molar-refractivity contribution is 0.385. The van der Waals surface area contributed by atoms with E-state index < -0.39 is 0 Å². The molecule has 122 valence electrons. The second kappa shape index (κ2) is 6.93. The summed E-state index contributed by atoms with van der Waals surface area (Å²) in [7, 11) is 1.93. The first kappa shape index (κ1) is 17.2. The fourth-order valence-corrected chi connectivity index (χ4v) is 2.46. The van der Waals surface area contributed by atoms with Crippen LogP contribution in [0.1, 0.15) is 28.4 Å². The van der Waals surface area contributed by atoms with Gasteiger partial charge in [-0.05, 0) is 19.4 Å². The Labute approximate surface area is 141 Å². The molecule has 0 aliphatic rings. The Balaban J connectivity index is 0.00000192. The first-order valence-electron chi connectivity index (χ1n) is 7.19. The van der Waals surface area contributed by atoms with Crippen molar-refractivity contribution in [1.82, 2.24) is 19.9 Å². The maximum Gasteiger partial charge on any atom is 0.231 e. The van der Waals surface area contributed by atoms with Crippen LogP contribution in [0.4, 0.5) is 0 Å². The smallest absolute Gasteiger partial charge is 0.231 e. The monoisotopic (exact) mass is 333 g/mol. The molecular formula is C16H20ClN5O. The molecule has 3 rings (SSSR count). The van der Waals surface area contributed by atoms with E-state index in [9.17, 15) is 0 Å². The molecule has 0 aliphatic heterocycles. The zero-order valence-corrected chi connectivity index (χ0v) is 14.2. The summed E-state index contributed by atoms with van der Waals surface area (Å²) < 4.78 is 7.24. The Bertz CT molecular complexity index is 791. The summed E-state index contributed by atoms with van der Waals surface area (Å²) in [5, 5.41) is 8.47. The molecule has 6 nitrogen and oxygen atoms in total.